The maximum absolute atomic E-state index is 9.93. The molecule has 4 aromatic rings. The molecule has 4 heterocycles. The normalized spacial score (nSPS) is 19.8. The lowest BCUT2D eigenvalue weighted by atomic mass is 9.93. The molecule has 0 amide bonds. The van der Waals surface area contributed by atoms with Crippen LogP contribution in [0.15, 0.2) is 61.3 Å². The first-order valence-corrected chi connectivity index (χ1v) is 9.64. The number of nitrogens with zero attached hydrogens (tertiary/aromatic N) is 5. The molecule has 2 atom stereocenters. The van der Waals surface area contributed by atoms with E-state index in [9.17, 15) is 5.11 Å². The molecule has 0 aliphatic heterocycles. The molecule has 1 saturated carbocycles. The second-order valence-corrected chi connectivity index (χ2v) is 7.30. The zero-order valence-corrected chi connectivity index (χ0v) is 15.4. The summed E-state index contributed by atoms with van der Waals surface area (Å²) in [7, 11) is 0. The summed E-state index contributed by atoms with van der Waals surface area (Å²) in [5.74, 6) is 0.767. The van der Waals surface area contributed by atoms with Crippen molar-refractivity contribution in [3.8, 4) is 17.1 Å². The number of aromatic nitrogens is 5. The zero-order chi connectivity index (χ0) is 18.9. The van der Waals surface area contributed by atoms with Crippen LogP contribution in [0, 0.1) is 0 Å². The summed E-state index contributed by atoms with van der Waals surface area (Å²) in [4.78, 5) is 8.95. The molecule has 7 heteroatoms. The lowest BCUT2D eigenvalue weighted by molar-refractivity contribution is 0.124. The van der Waals surface area contributed by atoms with Gasteiger partial charge >= 0.3 is 0 Å². The van der Waals surface area contributed by atoms with Gasteiger partial charge in [0.25, 0.3) is 0 Å². The summed E-state index contributed by atoms with van der Waals surface area (Å²) in [6.45, 7) is 0. The van der Waals surface area contributed by atoms with E-state index >= 15 is 0 Å². The van der Waals surface area contributed by atoms with Crippen LogP contribution < -0.4 is 5.32 Å². The Bertz CT molecular complexity index is 1090. The van der Waals surface area contributed by atoms with Gasteiger partial charge in [0, 0.05) is 36.4 Å². The van der Waals surface area contributed by atoms with Crippen molar-refractivity contribution in [2.75, 3.05) is 5.32 Å². The number of hydrogen-bond donors (Lipinski definition) is 2. The Hall–Kier alpha value is -3.19. The zero-order valence-electron chi connectivity index (χ0n) is 15.4. The minimum absolute atomic E-state index is 0.198. The molecule has 0 radical (unpaired) electrons. The molecule has 7 nitrogen and oxygen atoms in total. The summed E-state index contributed by atoms with van der Waals surface area (Å²) >= 11 is 0. The molecule has 0 unspecified atom stereocenters. The highest BCUT2D eigenvalue weighted by Crippen LogP contribution is 2.26. The van der Waals surface area contributed by atoms with Crippen LogP contribution in [-0.4, -0.2) is 41.4 Å². The molecule has 0 bridgehead atoms. The van der Waals surface area contributed by atoms with Crippen molar-refractivity contribution in [3.63, 3.8) is 0 Å². The highest BCUT2D eigenvalue weighted by atomic mass is 16.3. The number of aliphatic hydroxyl groups is 1. The molecule has 142 valence electrons. The van der Waals surface area contributed by atoms with Gasteiger partial charge in [-0.1, -0.05) is 0 Å². The first-order chi connectivity index (χ1) is 13.8. The second-order valence-electron chi connectivity index (χ2n) is 7.30. The molecular weight excluding hydrogens is 352 g/mol. The maximum atomic E-state index is 9.93. The van der Waals surface area contributed by atoms with Gasteiger partial charge < -0.3 is 10.4 Å². The van der Waals surface area contributed by atoms with Crippen LogP contribution in [0.1, 0.15) is 25.7 Å². The first-order valence-electron chi connectivity index (χ1n) is 9.64. The third-order valence-electron chi connectivity index (χ3n) is 5.30. The van der Waals surface area contributed by atoms with Crippen molar-refractivity contribution in [2.24, 2.45) is 0 Å². The van der Waals surface area contributed by atoms with Crippen molar-refractivity contribution in [3.05, 3.63) is 61.3 Å². The van der Waals surface area contributed by atoms with Crippen molar-refractivity contribution < 1.29 is 5.11 Å². The second kappa shape index (κ2) is 7.09. The minimum Gasteiger partial charge on any atom is -0.393 e. The smallest absolute Gasteiger partial charge is 0.153 e. The van der Waals surface area contributed by atoms with Gasteiger partial charge in [0.2, 0.25) is 0 Å². The summed E-state index contributed by atoms with van der Waals surface area (Å²) in [5.41, 5.74) is 3.95. The van der Waals surface area contributed by atoms with Gasteiger partial charge in [0.1, 0.15) is 5.65 Å². The quantitative estimate of drug-likeness (QED) is 0.573. The van der Waals surface area contributed by atoms with Crippen LogP contribution in [0.4, 0.5) is 5.69 Å². The van der Waals surface area contributed by atoms with Gasteiger partial charge in [0.05, 0.1) is 23.7 Å². The highest BCUT2D eigenvalue weighted by Gasteiger charge is 2.20. The van der Waals surface area contributed by atoms with E-state index < -0.39 is 0 Å². The van der Waals surface area contributed by atoms with E-state index in [-0.39, 0.29) is 6.10 Å². The SMILES string of the molecule is O[C@H]1CCC[C@H](Nc2ccc3ncc(-c4ccnc(-n5cccn5)c4)n3c2)C1. The van der Waals surface area contributed by atoms with Crippen LogP contribution in [0.5, 0.6) is 0 Å². The van der Waals surface area contributed by atoms with E-state index in [2.05, 4.69) is 37.0 Å². The van der Waals surface area contributed by atoms with E-state index in [1.54, 1.807) is 17.1 Å². The molecule has 0 spiro atoms. The molecule has 4 aromatic heterocycles. The fraction of sp³-hybridized carbons (Fsp3) is 0.286. The Labute approximate surface area is 162 Å². The Kier molecular flexibility index (Phi) is 4.29. The molecular formula is C21H22N6O. The molecule has 28 heavy (non-hydrogen) atoms. The van der Waals surface area contributed by atoms with E-state index in [1.807, 2.05) is 36.7 Å². The fourth-order valence-electron chi connectivity index (χ4n) is 3.92. The summed E-state index contributed by atoms with van der Waals surface area (Å²) in [6, 6.07) is 10.2. The molecule has 1 aliphatic rings. The molecule has 0 saturated heterocycles. The van der Waals surface area contributed by atoms with Crippen LogP contribution in [-0.2, 0) is 0 Å². The number of anilines is 1. The third kappa shape index (κ3) is 3.25. The summed E-state index contributed by atoms with van der Waals surface area (Å²) in [6.07, 6.45) is 13.0. The van der Waals surface area contributed by atoms with Crippen molar-refractivity contribution >= 4 is 11.3 Å². The highest BCUT2D eigenvalue weighted by molar-refractivity contribution is 5.66. The lowest BCUT2D eigenvalue weighted by Crippen LogP contribution is -2.29. The number of pyridine rings is 2. The van der Waals surface area contributed by atoms with Crippen molar-refractivity contribution in [1.29, 1.82) is 0 Å². The van der Waals surface area contributed by atoms with Gasteiger partial charge in [-0.25, -0.2) is 14.6 Å². The molecule has 0 aromatic carbocycles. The molecule has 5 rings (SSSR count). The minimum atomic E-state index is -0.198. The largest absolute Gasteiger partial charge is 0.393 e. The van der Waals surface area contributed by atoms with E-state index in [0.29, 0.717) is 6.04 Å². The predicted octanol–water partition coefficient (Wildman–Crippen LogP) is 3.30. The Morgan fingerprint density at radius 1 is 1.11 bits per heavy atom. The summed E-state index contributed by atoms with van der Waals surface area (Å²) < 4.78 is 3.83. The van der Waals surface area contributed by atoms with Crippen molar-refractivity contribution in [2.45, 2.75) is 37.8 Å². The fourth-order valence-corrected chi connectivity index (χ4v) is 3.92. The van der Waals surface area contributed by atoms with Gasteiger partial charge in [-0.05, 0) is 56.0 Å². The summed E-state index contributed by atoms with van der Waals surface area (Å²) in [5, 5.41) is 17.8. The maximum Gasteiger partial charge on any atom is 0.153 e. The average Bonchev–Trinajstić information content (AvgIpc) is 3.38. The number of imidazole rings is 1. The van der Waals surface area contributed by atoms with Gasteiger partial charge in [0.15, 0.2) is 5.82 Å². The Balaban J connectivity index is 1.48. The molecule has 1 fully saturated rings. The number of aliphatic hydroxyl groups excluding tert-OH is 1. The number of rotatable bonds is 4. The molecule has 2 N–H and O–H groups in total. The lowest BCUT2D eigenvalue weighted by Gasteiger charge is -2.27. The van der Waals surface area contributed by atoms with Gasteiger partial charge in [-0.2, -0.15) is 5.10 Å². The topological polar surface area (TPSA) is 80.3 Å². The van der Waals surface area contributed by atoms with Crippen LogP contribution in [0.2, 0.25) is 0 Å². The average molecular weight is 374 g/mol. The Morgan fingerprint density at radius 2 is 2.07 bits per heavy atom. The standard InChI is InChI=1S/C21H22N6O/c28-18-4-1-3-16(12-18)25-17-5-6-20-23-13-19(26(20)14-17)15-7-9-22-21(11-15)27-10-2-8-24-27/h2,5-11,13-14,16,18,25,28H,1,3-4,12H2/t16-,18-/m0/s1. The predicted molar refractivity (Wildman–Crippen MR) is 107 cm³/mol. The number of hydrogen-bond acceptors (Lipinski definition) is 5. The monoisotopic (exact) mass is 374 g/mol. The van der Waals surface area contributed by atoms with Crippen LogP contribution in [0.3, 0.4) is 0 Å². The van der Waals surface area contributed by atoms with Crippen molar-refractivity contribution in [1.82, 2.24) is 24.1 Å². The van der Waals surface area contributed by atoms with E-state index in [4.69, 9.17) is 0 Å². The van der Waals surface area contributed by atoms with Gasteiger partial charge in [-0.15, -0.1) is 0 Å². The first kappa shape index (κ1) is 16.9. The number of nitrogens with one attached hydrogen (secondary N) is 1. The van der Waals surface area contributed by atoms with Crippen LogP contribution >= 0.6 is 0 Å². The number of fused-ring (bicyclic) bond motifs is 1. The molecule has 1 aliphatic carbocycles. The third-order valence-corrected chi connectivity index (χ3v) is 5.30. The van der Waals surface area contributed by atoms with Crippen LogP contribution in [0.25, 0.3) is 22.7 Å². The van der Waals surface area contributed by atoms with Gasteiger partial charge in [-0.3, -0.25) is 4.40 Å². The van der Waals surface area contributed by atoms with E-state index in [0.717, 1.165) is 54.1 Å². The Morgan fingerprint density at radius 3 is 2.93 bits per heavy atom. The van der Waals surface area contributed by atoms with E-state index in [1.165, 1.54) is 0 Å².